The van der Waals surface area contributed by atoms with E-state index in [2.05, 4.69) is 29.1 Å². The van der Waals surface area contributed by atoms with Crippen LogP contribution < -0.4 is 16.2 Å². The van der Waals surface area contributed by atoms with E-state index >= 15 is 0 Å². The van der Waals surface area contributed by atoms with Gasteiger partial charge < -0.3 is 10.3 Å². The van der Waals surface area contributed by atoms with Crippen molar-refractivity contribution in [3.05, 3.63) is 28.3 Å². The van der Waals surface area contributed by atoms with Gasteiger partial charge in [-0.25, -0.2) is 0 Å². The van der Waals surface area contributed by atoms with E-state index in [4.69, 9.17) is 5.84 Å². The molecule has 1 fully saturated rings. The van der Waals surface area contributed by atoms with Gasteiger partial charge >= 0.3 is 5.69 Å². The Labute approximate surface area is 118 Å². The number of anilines is 2. The number of benzene rings is 1. The molecule has 1 aliphatic heterocycles. The highest BCUT2D eigenvalue weighted by Gasteiger charge is 2.26. The second-order valence-corrected chi connectivity index (χ2v) is 5.19. The first-order valence-corrected chi connectivity index (χ1v) is 6.77. The van der Waals surface area contributed by atoms with Crippen molar-refractivity contribution in [2.24, 2.45) is 5.84 Å². The highest BCUT2D eigenvalue weighted by Crippen LogP contribution is 2.35. The molecule has 7 heteroatoms. The van der Waals surface area contributed by atoms with Gasteiger partial charge in [-0.05, 0) is 26.0 Å². The van der Waals surface area contributed by atoms with Gasteiger partial charge in [-0.3, -0.25) is 20.9 Å². The fraction of sp³-hybridized carbons (Fsp3) is 0.538. The molecule has 0 atom stereocenters. The monoisotopic (exact) mass is 279 g/mol. The van der Waals surface area contributed by atoms with E-state index in [9.17, 15) is 10.1 Å². The number of nitro groups is 1. The lowest BCUT2D eigenvalue weighted by Gasteiger charge is -2.37. The van der Waals surface area contributed by atoms with Crippen LogP contribution in [0.2, 0.25) is 0 Å². The van der Waals surface area contributed by atoms with E-state index in [1.807, 2.05) is 0 Å². The molecule has 110 valence electrons. The van der Waals surface area contributed by atoms with Crippen LogP contribution >= 0.6 is 0 Å². The highest BCUT2D eigenvalue weighted by atomic mass is 16.6. The summed E-state index contributed by atoms with van der Waals surface area (Å²) < 4.78 is 0. The van der Waals surface area contributed by atoms with Gasteiger partial charge in [0.25, 0.3) is 0 Å². The molecule has 0 bridgehead atoms. The zero-order valence-electron chi connectivity index (χ0n) is 11.9. The predicted octanol–water partition coefficient (Wildman–Crippen LogP) is 1.41. The van der Waals surface area contributed by atoms with Crippen molar-refractivity contribution in [1.82, 2.24) is 4.90 Å². The number of nitrogens with zero attached hydrogens (tertiary/aromatic N) is 3. The summed E-state index contributed by atoms with van der Waals surface area (Å²) in [6, 6.07) is 5.69. The highest BCUT2D eigenvalue weighted by molar-refractivity contribution is 5.76. The molecule has 2 rings (SSSR count). The van der Waals surface area contributed by atoms with Crippen molar-refractivity contribution in [2.45, 2.75) is 19.9 Å². The molecule has 0 aliphatic carbocycles. The Morgan fingerprint density at radius 3 is 2.45 bits per heavy atom. The lowest BCUT2D eigenvalue weighted by Crippen LogP contribution is -2.49. The van der Waals surface area contributed by atoms with Crippen LogP contribution in [0.5, 0.6) is 0 Å². The summed E-state index contributed by atoms with van der Waals surface area (Å²) in [6.45, 7) is 7.72. The van der Waals surface area contributed by atoms with Gasteiger partial charge in [0.15, 0.2) is 0 Å². The number of hydrogen-bond acceptors (Lipinski definition) is 6. The maximum absolute atomic E-state index is 11.3. The van der Waals surface area contributed by atoms with Crippen LogP contribution in [0.1, 0.15) is 13.8 Å². The van der Waals surface area contributed by atoms with Crippen LogP contribution in [0.3, 0.4) is 0 Å². The Morgan fingerprint density at radius 2 is 1.95 bits per heavy atom. The van der Waals surface area contributed by atoms with Crippen molar-refractivity contribution in [3.63, 3.8) is 0 Å². The zero-order valence-corrected chi connectivity index (χ0v) is 11.9. The lowest BCUT2D eigenvalue weighted by atomic mass is 10.1. The Kier molecular flexibility index (Phi) is 4.41. The topological polar surface area (TPSA) is 87.7 Å². The van der Waals surface area contributed by atoms with Gasteiger partial charge in [-0.2, -0.15) is 0 Å². The van der Waals surface area contributed by atoms with Gasteiger partial charge in [0.05, 0.1) is 4.92 Å². The Morgan fingerprint density at radius 1 is 1.30 bits per heavy atom. The number of rotatable bonds is 4. The Bertz CT molecular complexity index is 484. The molecule has 0 amide bonds. The van der Waals surface area contributed by atoms with Crippen LogP contribution in [-0.4, -0.2) is 42.0 Å². The van der Waals surface area contributed by atoms with E-state index in [1.165, 1.54) is 0 Å². The molecule has 0 spiro atoms. The summed E-state index contributed by atoms with van der Waals surface area (Å²) in [6.07, 6.45) is 0. The van der Waals surface area contributed by atoms with Crippen molar-refractivity contribution < 1.29 is 4.92 Å². The minimum Gasteiger partial charge on any atom is -0.363 e. The second kappa shape index (κ2) is 6.06. The van der Waals surface area contributed by atoms with Gasteiger partial charge in [-0.15, -0.1) is 0 Å². The number of piperazine rings is 1. The Hall–Kier alpha value is -1.86. The molecule has 20 heavy (non-hydrogen) atoms. The summed E-state index contributed by atoms with van der Waals surface area (Å²) in [5, 5.41) is 11.3. The second-order valence-electron chi connectivity index (χ2n) is 5.19. The molecular weight excluding hydrogens is 258 g/mol. The fourth-order valence-electron chi connectivity index (χ4n) is 2.57. The van der Waals surface area contributed by atoms with E-state index < -0.39 is 0 Å². The molecule has 1 aromatic carbocycles. The fourth-order valence-corrected chi connectivity index (χ4v) is 2.57. The smallest absolute Gasteiger partial charge is 0.316 e. The molecule has 0 unspecified atom stereocenters. The summed E-state index contributed by atoms with van der Waals surface area (Å²) in [5.74, 6) is 5.37. The number of nitrogens with one attached hydrogen (secondary N) is 1. The summed E-state index contributed by atoms with van der Waals surface area (Å²) in [4.78, 5) is 15.3. The third-order valence-corrected chi connectivity index (χ3v) is 3.74. The summed E-state index contributed by atoms with van der Waals surface area (Å²) >= 11 is 0. The quantitative estimate of drug-likeness (QED) is 0.492. The number of para-hydroxylation sites is 1. The maximum Gasteiger partial charge on any atom is 0.316 e. The Balaban J connectivity index is 2.24. The van der Waals surface area contributed by atoms with Gasteiger partial charge in [0.1, 0.15) is 11.4 Å². The average molecular weight is 279 g/mol. The molecule has 0 saturated carbocycles. The first-order valence-electron chi connectivity index (χ1n) is 6.77. The molecular formula is C13H21N5O2. The largest absolute Gasteiger partial charge is 0.363 e. The number of hydrazine groups is 1. The van der Waals surface area contributed by atoms with Crippen molar-refractivity contribution in [3.8, 4) is 0 Å². The zero-order chi connectivity index (χ0) is 14.7. The first kappa shape index (κ1) is 14.5. The van der Waals surface area contributed by atoms with E-state index in [1.54, 1.807) is 18.2 Å². The molecule has 0 aromatic heterocycles. The molecule has 1 aromatic rings. The third kappa shape index (κ3) is 2.83. The predicted molar refractivity (Wildman–Crippen MR) is 79.8 cm³/mol. The van der Waals surface area contributed by atoms with E-state index in [0.717, 1.165) is 26.2 Å². The molecule has 1 saturated heterocycles. The molecule has 3 N–H and O–H groups in total. The number of nitrogens with two attached hydrogens (primary N) is 1. The standard InChI is InChI=1S/C13H21N5O2/c1-10(2)16-6-8-17(9-7-16)12-5-3-4-11(15-14)13(12)18(19)20/h3-5,10,15H,6-9,14H2,1-2H3. The van der Waals surface area contributed by atoms with Crippen molar-refractivity contribution >= 4 is 17.1 Å². The number of nitro benzene ring substituents is 1. The first-order chi connectivity index (χ1) is 9.54. The van der Waals surface area contributed by atoms with Crippen LogP contribution in [-0.2, 0) is 0 Å². The maximum atomic E-state index is 11.3. The molecule has 0 radical (unpaired) electrons. The number of nitrogen functional groups attached to an aromatic ring is 1. The normalized spacial score (nSPS) is 16.5. The van der Waals surface area contributed by atoms with Gasteiger partial charge in [0.2, 0.25) is 0 Å². The molecule has 7 nitrogen and oxygen atoms in total. The summed E-state index contributed by atoms with van der Waals surface area (Å²) in [7, 11) is 0. The van der Waals surface area contributed by atoms with E-state index in [0.29, 0.717) is 17.4 Å². The minimum absolute atomic E-state index is 0.0491. The average Bonchev–Trinajstić information content (AvgIpc) is 2.46. The molecule has 1 heterocycles. The SMILES string of the molecule is CC(C)N1CCN(c2cccc(NN)c2[N+](=O)[O-])CC1. The lowest BCUT2D eigenvalue weighted by molar-refractivity contribution is -0.383. The van der Waals surface area contributed by atoms with Crippen molar-refractivity contribution in [2.75, 3.05) is 36.5 Å². The van der Waals surface area contributed by atoms with Crippen LogP contribution in [0.25, 0.3) is 0 Å². The van der Waals surface area contributed by atoms with Gasteiger partial charge in [-0.1, -0.05) is 6.07 Å². The molecule has 1 aliphatic rings. The van der Waals surface area contributed by atoms with Crippen LogP contribution in [0.4, 0.5) is 17.1 Å². The summed E-state index contributed by atoms with van der Waals surface area (Å²) in [5.41, 5.74) is 3.43. The number of hydrogen-bond donors (Lipinski definition) is 2. The van der Waals surface area contributed by atoms with E-state index in [-0.39, 0.29) is 10.6 Å². The van der Waals surface area contributed by atoms with Gasteiger partial charge in [0, 0.05) is 32.2 Å². The van der Waals surface area contributed by atoms with Crippen LogP contribution in [0, 0.1) is 10.1 Å². The third-order valence-electron chi connectivity index (χ3n) is 3.74. The van der Waals surface area contributed by atoms with Crippen molar-refractivity contribution in [1.29, 1.82) is 0 Å². The minimum atomic E-state index is -0.376. The van der Waals surface area contributed by atoms with Crippen LogP contribution in [0.15, 0.2) is 18.2 Å².